The Morgan fingerprint density at radius 2 is 2.00 bits per heavy atom. The molecule has 0 aliphatic rings. The number of methoxy groups -OCH3 is 1. The highest BCUT2D eigenvalue weighted by molar-refractivity contribution is 5.73. The second-order valence-electron chi connectivity index (χ2n) is 4.52. The number of nitrogens with zero attached hydrogens (tertiary/aromatic N) is 3. The Morgan fingerprint density at radius 1 is 1.30 bits per heavy atom. The molecule has 0 radical (unpaired) electrons. The van der Waals surface area contributed by atoms with Crippen LogP contribution in [0, 0.1) is 0 Å². The third-order valence-electron chi connectivity index (χ3n) is 2.86. The van der Waals surface area contributed by atoms with Crippen LogP contribution in [0.4, 0.5) is 0 Å². The number of para-hydroxylation sites is 2. The second-order valence-corrected chi connectivity index (χ2v) is 4.52. The Kier molecular flexibility index (Phi) is 4.34. The third-order valence-corrected chi connectivity index (χ3v) is 2.86. The summed E-state index contributed by atoms with van der Waals surface area (Å²) in [6.07, 6.45) is 0.687. The third kappa shape index (κ3) is 2.79. The van der Waals surface area contributed by atoms with Gasteiger partial charge in [-0.1, -0.05) is 17.3 Å². The van der Waals surface area contributed by atoms with Crippen molar-refractivity contribution in [1.82, 2.24) is 15.0 Å². The number of aldehydes is 1. The minimum Gasteiger partial charge on any atom is -0.493 e. The number of benzene rings is 1. The first-order chi connectivity index (χ1) is 9.67. The molecule has 0 spiro atoms. The van der Waals surface area contributed by atoms with Crippen molar-refractivity contribution in [3.63, 3.8) is 0 Å². The maximum absolute atomic E-state index is 11.0. The van der Waals surface area contributed by atoms with Crippen molar-refractivity contribution in [2.75, 3.05) is 7.11 Å². The number of carbonyl (C=O) groups is 1. The van der Waals surface area contributed by atoms with Crippen LogP contribution in [-0.2, 0) is 6.61 Å². The molecule has 0 N–H and O–H groups in total. The van der Waals surface area contributed by atoms with Crippen LogP contribution >= 0.6 is 0 Å². The second kappa shape index (κ2) is 6.18. The van der Waals surface area contributed by atoms with Crippen molar-refractivity contribution in [3.8, 4) is 11.5 Å². The van der Waals surface area contributed by atoms with E-state index in [1.807, 2.05) is 38.1 Å². The molecule has 0 amide bonds. The fraction of sp³-hybridized carbons (Fsp3) is 0.357. The van der Waals surface area contributed by atoms with Crippen molar-refractivity contribution in [1.29, 1.82) is 0 Å². The molecule has 1 aromatic heterocycles. The molecule has 0 saturated carbocycles. The van der Waals surface area contributed by atoms with E-state index in [2.05, 4.69) is 10.3 Å². The van der Waals surface area contributed by atoms with Crippen LogP contribution < -0.4 is 9.47 Å². The highest BCUT2D eigenvalue weighted by Crippen LogP contribution is 2.27. The summed E-state index contributed by atoms with van der Waals surface area (Å²) in [5.41, 5.74) is 0.953. The predicted molar refractivity (Wildman–Crippen MR) is 73.1 cm³/mol. The lowest BCUT2D eigenvalue weighted by Gasteiger charge is -2.13. The lowest BCUT2D eigenvalue weighted by Crippen LogP contribution is -2.11. The van der Waals surface area contributed by atoms with Crippen LogP contribution in [0.1, 0.15) is 36.1 Å². The molecule has 0 aliphatic heterocycles. The highest BCUT2D eigenvalue weighted by atomic mass is 16.5. The van der Waals surface area contributed by atoms with E-state index >= 15 is 0 Å². The van der Waals surface area contributed by atoms with Gasteiger partial charge in [0.05, 0.1) is 7.11 Å². The minimum atomic E-state index is 0.104. The van der Waals surface area contributed by atoms with Gasteiger partial charge >= 0.3 is 0 Å². The van der Waals surface area contributed by atoms with Gasteiger partial charge in [0.25, 0.3) is 0 Å². The van der Waals surface area contributed by atoms with Gasteiger partial charge in [-0.25, -0.2) is 4.68 Å². The van der Waals surface area contributed by atoms with Crippen molar-refractivity contribution in [2.24, 2.45) is 0 Å². The van der Waals surface area contributed by atoms with Gasteiger partial charge < -0.3 is 9.47 Å². The number of rotatable bonds is 6. The zero-order valence-electron chi connectivity index (χ0n) is 11.7. The van der Waals surface area contributed by atoms with Crippen LogP contribution in [0.3, 0.4) is 0 Å². The number of carbonyl (C=O) groups excluding carboxylic acids is 1. The normalized spacial score (nSPS) is 10.6. The Bertz CT molecular complexity index is 593. The molecule has 2 rings (SSSR count). The summed E-state index contributed by atoms with van der Waals surface area (Å²) in [6, 6.07) is 7.45. The summed E-state index contributed by atoms with van der Waals surface area (Å²) in [5.74, 6) is 1.26. The first-order valence-electron chi connectivity index (χ1n) is 6.32. The molecule has 0 bridgehead atoms. The van der Waals surface area contributed by atoms with Crippen LogP contribution in [0.15, 0.2) is 24.3 Å². The molecule has 6 nitrogen and oxygen atoms in total. The zero-order chi connectivity index (χ0) is 14.5. The molecule has 0 unspecified atom stereocenters. The van der Waals surface area contributed by atoms with Crippen LogP contribution in [0.5, 0.6) is 11.5 Å². The smallest absolute Gasteiger partial charge is 0.172 e. The van der Waals surface area contributed by atoms with Gasteiger partial charge in [0, 0.05) is 6.04 Å². The summed E-state index contributed by atoms with van der Waals surface area (Å²) in [4.78, 5) is 11.0. The van der Waals surface area contributed by atoms with Crippen molar-refractivity contribution in [3.05, 3.63) is 35.7 Å². The van der Waals surface area contributed by atoms with E-state index in [0.717, 1.165) is 0 Å². The van der Waals surface area contributed by atoms with Gasteiger partial charge in [-0.2, -0.15) is 0 Å². The molecule has 20 heavy (non-hydrogen) atoms. The SMILES string of the molecule is COc1ccccc1OCc1c(C=O)nnn1C(C)C. The van der Waals surface area contributed by atoms with Gasteiger partial charge in [-0.05, 0) is 26.0 Å². The quantitative estimate of drug-likeness (QED) is 0.756. The first kappa shape index (κ1) is 14.0. The highest BCUT2D eigenvalue weighted by Gasteiger charge is 2.15. The van der Waals surface area contributed by atoms with E-state index in [9.17, 15) is 4.79 Å². The van der Waals surface area contributed by atoms with Crippen molar-refractivity contribution < 1.29 is 14.3 Å². The largest absolute Gasteiger partial charge is 0.493 e. The Hall–Kier alpha value is -2.37. The molecule has 106 valence electrons. The number of hydrogen-bond acceptors (Lipinski definition) is 5. The molecule has 1 heterocycles. The van der Waals surface area contributed by atoms with E-state index in [1.165, 1.54) is 0 Å². The molecule has 2 aromatic rings. The van der Waals surface area contributed by atoms with E-state index < -0.39 is 0 Å². The molecule has 6 heteroatoms. The molecule has 0 fully saturated rings. The van der Waals surface area contributed by atoms with Gasteiger partial charge in [-0.3, -0.25) is 4.79 Å². The molecular formula is C14H17N3O3. The predicted octanol–water partition coefficient (Wildman–Crippen LogP) is 2.26. The maximum Gasteiger partial charge on any atom is 0.172 e. The molecule has 0 atom stereocenters. The van der Waals surface area contributed by atoms with E-state index in [4.69, 9.17) is 9.47 Å². The first-order valence-corrected chi connectivity index (χ1v) is 6.32. The fourth-order valence-electron chi connectivity index (χ4n) is 1.86. The molecule has 1 aromatic carbocycles. The van der Waals surface area contributed by atoms with E-state index in [0.29, 0.717) is 29.2 Å². The van der Waals surface area contributed by atoms with E-state index in [-0.39, 0.29) is 12.6 Å². The summed E-state index contributed by atoms with van der Waals surface area (Å²) in [7, 11) is 1.58. The Balaban J connectivity index is 2.22. The van der Waals surface area contributed by atoms with Gasteiger partial charge in [0.2, 0.25) is 0 Å². The lowest BCUT2D eigenvalue weighted by molar-refractivity contribution is 0.111. The minimum absolute atomic E-state index is 0.104. The van der Waals surface area contributed by atoms with Crippen LogP contribution in [-0.4, -0.2) is 28.4 Å². The summed E-state index contributed by atoms with van der Waals surface area (Å²) >= 11 is 0. The number of hydrogen-bond donors (Lipinski definition) is 0. The zero-order valence-corrected chi connectivity index (χ0v) is 11.7. The average Bonchev–Trinajstić information content (AvgIpc) is 2.88. The van der Waals surface area contributed by atoms with Crippen LogP contribution in [0.2, 0.25) is 0 Å². The van der Waals surface area contributed by atoms with Gasteiger partial charge in [-0.15, -0.1) is 5.10 Å². The maximum atomic E-state index is 11.0. The van der Waals surface area contributed by atoms with Crippen LogP contribution in [0.25, 0.3) is 0 Å². The lowest BCUT2D eigenvalue weighted by atomic mass is 10.3. The van der Waals surface area contributed by atoms with Gasteiger partial charge in [0.15, 0.2) is 23.5 Å². The summed E-state index contributed by atoms with van der Waals surface area (Å²) in [6.45, 7) is 4.14. The standard InChI is InChI=1S/C14H17N3O3/c1-10(2)17-12(11(8-18)15-16-17)9-20-14-7-5-4-6-13(14)19-3/h4-8,10H,9H2,1-3H3. The van der Waals surface area contributed by atoms with Crippen molar-refractivity contribution >= 4 is 6.29 Å². The summed E-state index contributed by atoms with van der Waals surface area (Å²) in [5, 5.41) is 7.81. The van der Waals surface area contributed by atoms with Crippen molar-refractivity contribution in [2.45, 2.75) is 26.5 Å². The molecule has 0 aliphatic carbocycles. The fourth-order valence-corrected chi connectivity index (χ4v) is 1.86. The molecular weight excluding hydrogens is 258 g/mol. The number of ether oxygens (including phenoxy) is 2. The Morgan fingerprint density at radius 3 is 2.60 bits per heavy atom. The van der Waals surface area contributed by atoms with E-state index in [1.54, 1.807) is 11.8 Å². The topological polar surface area (TPSA) is 66.2 Å². The number of aromatic nitrogens is 3. The average molecular weight is 275 g/mol. The molecule has 0 saturated heterocycles. The Labute approximate surface area is 117 Å². The monoisotopic (exact) mass is 275 g/mol. The summed E-state index contributed by atoms with van der Waals surface area (Å²) < 4.78 is 12.6. The van der Waals surface area contributed by atoms with Gasteiger partial charge in [0.1, 0.15) is 12.3 Å².